The fourth-order valence-electron chi connectivity index (χ4n) is 2.49. The highest BCUT2D eigenvalue weighted by atomic mass is 19.1. The number of esters is 1. The third-order valence-electron chi connectivity index (χ3n) is 3.69. The number of nitrogens with zero attached hydrogens (tertiary/aromatic N) is 2. The molecule has 1 saturated heterocycles. The van der Waals surface area contributed by atoms with Crippen LogP contribution < -0.4 is 5.32 Å². The molecule has 1 aromatic rings. The molecule has 1 fully saturated rings. The van der Waals surface area contributed by atoms with Crippen LogP contribution in [0, 0.1) is 5.82 Å². The van der Waals surface area contributed by atoms with Crippen LogP contribution in [0.2, 0.25) is 0 Å². The number of piperazine rings is 1. The minimum atomic E-state index is -1.01. The number of halogens is 1. The zero-order valence-electron chi connectivity index (χ0n) is 11.9. The molecule has 1 aliphatic heterocycles. The Bertz CT molecular complexity index is 477. The Morgan fingerprint density at radius 3 is 2.80 bits per heavy atom. The summed E-state index contributed by atoms with van der Waals surface area (Å²) in [6.07, 6.45) is 2.66. The Balaban J connectivity index is 2.39. The quantitative estimate of drug-likeness (QED) is 0.831. The Labute approximate surface area is 118 Å². The van der Waals surface area contributed by atoms with Crippen LogP contribution in [-0.2, 0) is 15.1 Å². The predicted octanol–water partition coefficient (Wildman–Crippen LogP) is 0.904. The molecule has 2 heterocycles. The molecule has 1 N–H and O–H groups in total. The molecule has 5 nitrogen and oxygen atoms in total. The summed E-state index contributed by atoms with van der Waals surface area (Å²) >= 11 is 0. The van der Waals surface area contributed by atoms with Gasteiger partial charge in [0.05, 0.1) is 12.8 Å². The first-order valence-corrected chi connectivity index (χ1v) is 6.83. The van der Waals surface area contributed by atoms with Crippen molar-refractivity contribution in [3.05, 3.63) is 29.8 Å². The Hall–Kier alpha value is -1.53. The molecule has 20 heavy (non-hydrogen) atoms. The first-order chi connectivity index (χ1) is 9.59. The molecule has 1 aliphatic rings. The van der Waals surface area contributed by atoms with Crippen molar-refractivity contribution in [2.75, 3.05) is 32.8 Å². The van der Waals surface area contributed by atoms with Crippen molar-refractivity contribution in [1.29, 1.82) is 0 Å². The van der Waals surface area contributed by atoms with Gasteiger partial charge in [0, 0.05) is 37.9 Å². The molecule has 1 aromatic heterocycles. The first-order valence-electron chi connectivity index (χ1n) is 6.83. The third kappa shape index (κ3) is 2.81. The summed E-state index contributed by atoms with van der Waals surface area (Å²) in [5, 5.41) is 3.24. The standard InChI is InChI=1S/C14H20FN3O2/c1-3-20-13(19)14(2,18-6-4-16-5-7-18)11-8-12(15)10-17-9-11/h8-10,16H,3-7H2,1-2H3. The van der Waals surface area contributed by atoms with Crippen molar-refractivity contribution in [3.8, 4) is 0 Å². The Morgan fingerprint density at radius 2 is 2.20 bits per heavy atom. The second-order valence-corrected chi connectivity index (χ2v) is 4.92. The highest BCUT2D eigenvalue weighted by Crippen LogP contribution is 2.30. The van der Waals surface area contributed by atoms with Crippen LogP contribution in [0.1, 0.15) is 19.4 Å². The van der Waals surface area contributed by atoms with Crippen LogP contribution in [-0.4, -0.2) is 48.6 Å². The molecule has 1 atom stereocenters. The first kappa shape index (κ1) is 14.9. The molecular formula is C14H20FN3O2. The van der Waals surface area contributed by atoms with Gasteiger partial charge >= 0.3 is 5.97 Å². The minimum Gasteiger partial charge on any atom is -0.464 e. The summed E-state index contributed by atoms with van der Waals surface area (Å²) in [5.41, 5.74) is -0.481. The van der Waals surface area contributed by atoms with E-state index in [0.717, 1.165) is 19.3 Å². The maximum Gasteiger partial charge on any atom is 0.330 e. The number of carbonyl (C=O) groups excluding carboxylic acids is 1. The van der Waals surface area contributed by atoms with E-state index in [-0.39, 0.29) is 5.97 Å². The number of hydrogen-bond acceptors (Lipinski definition) is 5. The van der Waals surface area contributed by atoms with Gasteiger partial charge in [-0.2, -0.15) is 0 Å². The maximum atomic E-state index is 13.5. The molecule has 1 unspecified atom stereocenters. The monoisotopic (exact) mass is 281 g/mol. The number of aromatic nitrogens is 1. The van der Waals surface area contributed by atoms with Crippen molar-refractivity contribution < 1.29 is 13.9 Å². The Kier molecular flexibility index (Phi) is 4.67. The average molecular weight is 281 g/mol. The largest absolute Gasteiger partial charge is 0.464 e. The summed E-state index contributed by atoms with van der Waals surface area (Å²) < 4.78 is 18.7. The van der Waals surface area contributed by atoms with E-state index >= 15 is 0 Å². The van der Waals surface area contributed by atoms with Gasteiger partial charge < -0.3 is 10.1 Å². The van der Waals surface area contributed by atoms with Gasteiger partial charge in [0.15, 0.2) is 0 Å². The van der Waals surface area contributed by atoms with Crippen molar-refractivity contribution in [1.82, 2.24) is 15.2 Å². The lowest BCUT2D eigenvalue weighted by molar-refractivity contribution is -0.158. The van der Waals surface area contributed by atoms with E-state index in [9.17, 15) is 9.18 Å². The van der Waals surface area contributed by atoms with E-state index in [1.54, 1.807) is 13.8 Å². The lowest BCUT2D eigenvalue weighted by Crippen LogP contribution is -2.57. The highest BCUT2D eigenvalue weighted by Gasteiger charge is 2.43. The van der Waals surface area contributed by atoms with Gasteiger partial charge in [0.1, 0.15) is 11.4 Å². The molecule has 2 rings (SSSR count). The predicted molar refractivity (Wildman–Crippen MR) is 72.6 cm³/mol. The van der Waals surface area contributed by atoms with Gasteiger partial charge in [-0.25, -0.2) is 9.18 Å². The van der Waals surface area contributed by atoms with E-state index in [4.69, 9.17) is 4.74 Å². The number of pyridine rings is 1. The number of carbonyl (C=O) groups is 1. The van der Waals surface area contributed by atoms with Crippen LogP contribution in [0.5, 0.6) is 0 Å². The van der Waals surface area contributed by atoms with E-state index in [1.165, 1.54) is 12.3 Å². The zero-order chi connectivity index (χ0) is 14.6. The number of rotatable bonds is 4. The van der Waals surface area contributed by atoms with Crippen molar-refractivity contribution in [2.45, 2.75) is 19.4 Å². The summed E-state index contributed by atoms with van der Waals surface area (Å²) in [7, 11) is 0. The van der Waals surface area contributed by atoms with Crippen molar-refractivity contribution >= 4 is 5.97 Å². The third-order valence-corrected chi connectivity index (χ3v) is 3.69. The van der Waals surface area contributed by atoms with Crippen LogP contribution in [0.15, 0.2) is 18.5 Å². The van der Waals surface area contributed by atoms with Gasteiger partial charge in [-0.3, -0.25) is 9.88 Å². The fraction of sp³-hybridized carbons (Fsp3) is 0.571. The van der Waals surface area contributed by atoms with Crippen LogP contribution in [0.3, 0.4) is 0 Å². The van der Waals surface area contributed by atoms with Gasteiger partial charge in [-0.1, -0.05) is 0 Å². The smallest absolute Gasteiger partial charge is 0.330 e. The number of ether oxygens (including phenoxy) is 1. The van der Waals surface area contributed by atoms with Crippen LogP contribution in [0.25, 0.3) is 0 Å². The zero-order valence-corrected chi connectivity index (χ0v) is 11.9. The molecule has 0 aromatic carbocycles. The summed E-state index contributed by atoms with van der Waals surface area (Å²) in [5.74, 6) is -0.817. The molecule has 0 aliphatic carbocycles. The van der Waals surface area contributed by atoms with Gasteiger partial charge in [-0.05, 0) is 19.9 Å². The van der Waals surface area contributed by atoms with Gasteiger partial charge in [0.25, 0.3) is 0 Å². The minimum absolute atomic E-state index is 0.295. The lowest BCUT2D eigenvalue weighted by Gasteiger charge is -2.41. The maximum absolute atomic E-state index is 13.5. The lowest BCUT2D eigenvalue weighted by atomic mass is 9.90. The van der Waals surface area contributed by atoms with E-state index in [2.05, 4.69) is 10.3 Å². The SMILES string of the molecule is CCOC(=O)C(C)(c1cncc(F)c1)N1CCNCC1. The van der Waals surface area contributed by atoms with Crippen LogP contribution in [0.4, 0.5) is 4.39 Å². The average Bonchev–Trinajstić information content (AvgIpc) is 2.47. The number of hydrogen-bond donors (Lipinski definition) is 1. The van der Waals surface area contributed by atoms with Crippen molar-refractivity contribution in [3.63, 3.8) is 0 Å². The summed E-state index contributed by atoms with van der Waals surface area (Å²) in [6, 6.07) is 1.35. The summed E-state index contributed by atoms with van der Waals surface area (Å²) in [4.78, 5) is 18.3. The molecule has 0 amide bonds. The molecule has 110 valence electrons. The van der Waals surface area contributed by atoms with Gasteiger partial charge in [0.2, 0.25) is 0 Å². The topological polar surface area (TPSA) is 54.5 Å². The highest BCUT2D eigenvalue weighted by molar-refractivity contribution is 5.82. The summed E-state index contributed by atoms with van der Waals surface area (Å²) in [6.45, 7) is 6.81. The molecule has 6 heteroatoms. The van der Waals surface area contributed by atoms with E-state index in [0.29, 0.717) is 25.3 Å². The van der Waals surface area contributed by atoms with Gasteiger partial charge in [-0.15, -0.1) is 0 Å². The second kappa shape index (κ2) is 6.28. The van der Waals surface area contributed by atoms with Crippen molar-refractivity contribution in [2.24, 2.45) is 0 Å². The molecule has 0 bridgehead atoms. The molecular weight excluding hydrogens is 261 g/mol. The molecule has 0 spiro atoms. The van der Waals surface area contributed by atoms with Crippen LogP contribution >= 0.6 is 0 Å². The van der Waals surface area contributed by atoms with E-state index in [1.807, 2.05) is 4.90 Å². The fourth-order valence-corrected chi connectivity index (χ4v) is 2.49. The second-order valence-electron chi connectivity index (χ2n) is 4.92. The molecule has 0 radical (unpaired) electrons. The molecule has 0 saturated carbocycles. The normalized spacial score (nSPS) is 19.4. The van der Waals surface area contributed by atoms with E-state index < -0.39 is 11.4 Å². The number of nitrogens with one attached hydrogen (secondary N) is 1. The Morgan fingerprint density at radius 1 is 1.50 bits per heavy atom.